The van der Waals surface area contributed by atoms with E-state index < -0.39 is 0 Å². The third kappa shape index (κ3) is 6.21. The van der Waals surface area contributed by atoms with Crippen LogP contribution in [0.2, 0.25) is 0 Å². The summed E-state index contributed by atoms with van der Waals surface area (Å²) in [6.07, 6.45) is 7.47. The quantitative estimate of drug-likeness (QED) is 0.592. The molecule has 0 radical (unpaired) electrons. The second-order valence-corrected chi connectivity index (χ2v) is 6.09. The van der Waals surface area contributed by atoms with Crippen LogP contribution in [0.3, 0.4) is 0 Å². The van der Waals surface area contributed by atoms with E-state index in [1.807, 2.05) is 18.2 Å². The molecule has 2 rings (SSSR count). The average Bonchev–Trinajstić information content (AvgIpc) is 3.13. The molecular formula is C19H31NO4. The van der Waals surface area contributed by atoms with Crippen molar-refractivity contribution < 1.29 is 18.9 Å². The molecule has 0 aromatic heterocycles. The predicted molar refractivity (Wildman–Crippen MR) is 95.4 cm³/mol. The Balaban J connectivity index is 1.52. The number of nitrogens with one attached hydrogen (secondary N) is 1. The van der Waals surface area contributed by atoms with Crippen molar-refractivity contribution in [2.45, 2.75) is 44.6 Å². The van der Waals surface area contributed by atoms with E-state index in [0.29, 0.717) is 30.0 Å². The second kappa shape index (κ2) is 11.2. The van der Waals surface area contributed by atoms with Gasteiger partial charge >= 0.3 is 0 Å². The van der Waals surface area contributed by atoms with Crippen molar-refractivity contribution in [2.24, 2.45) is 0 Å². The first kappa shape index (κ1) is 18.9. The van der Waals surface area contributed by atoms with Gasteiger partial charge in [-0.1, -0.05) is 18.9 Å². The topological polar surface area (TPSA) is 49.0 Å². The lowest BCUT2D eigenvalue weighted by Crippen LogP contribution is -2.26. The van der Waals surface area contributed by atoms with Crippen molar-refractivity contribution in [2.75, 3.05) is 40.5 Å². The maximum atomic E-state index is 5.86. The number of hydrogen-bond acceptors (Lipinski definition) is 5. The summed E-state index contributed by atoms with van der Waals surface area (Å²) in [4.78, 5) is 0. The molecule has 1 aliphatic rings. The molecule has 0 unspecified atom stereocenters. The molecule has 1 aromatic rings. The number of unbranched alkanes of at least 4 members (excludes halogenated alkanes) is 3. The number of ether oxygens (including phenoxy) is 4. The third-order valence-electron chi connectivity index (χ3n) is 4.27. The summed E-state index contributed by atoms with van der Waals surface area (Å²) in [6.45, 7) is 3.68. The largest absolute Gasteiger partial charge is 0.493 e. The zero-order valence-electron chi connectivity index (χ0n) is 15.0. The fourth-order valence-electron chi connectivity index (χ4n) is 2.91. The van der Waals surface area contributed by atoms with Gasteiger partial charge in [0.2, 0.25) is 5.75 Å². The Morgan fingerprint density at radius 1 is 1.08 bits per heavy atom. The van der Waals surface area contributed by atoms with Gasteiger partial charge < -0.3 is 24.3 Å². The van der Waals surface area contributed by atoms with Gasteiger partial charge in [0.25, 0.3) is 0 Å². The molecule has 1 fully saturated rings. The van der Waals surface area contributed by atoms with Gasteiger partial charge in [-0.25, -0.2) is 0 Å². The van der Waals surface area contributed by atoms with Crippen LogP contribution in [-0.4, -0.2) is 46.6 Å². The van der Waals surface area contributed by atoms with E-state index in [0.717, 1.165) is 26.1 Å². The van der Waals surface area contributed by atoms with E-state index in [-0.39, 0.29) is 0 Å². The van der Waals surface area contributed by atoms with Crippen LogP contribution in [0, 0.1) is 0 Å². The first-order valence-electron chi connectivity index (χ1n) is 9.01. The zero-order valence-corrected chi connectivity index (χ0v) is 15.0. The van der Waals surface area contributed by atoms with E-state index in [4.69, 9.17) is 18.9 Å². The summed E-state index contributed by atoms with van der Waals surface area (Å²) < 4.78 is 22.1. The van der Waals surface area contributed by atoms with Crippen LogP contribution in [0.15, 0.2) is 18.2 Å². The molecule has 0 aliphatic carbocycles. The molecule has 1 heterocycles. The van der Waals surface area contributed by atoms with Crippen molar-refractivity contribution in [1.29, 1.82) is 0 Å². The molecule has 0 amide bonds. The minimum atomic E-state index is 0.439. The Morgan fingerprint density at radius 2 is 1.83 bits per heavy atom. The van der Waals surface area contributed by atoms with Crippen LogP contribution in [0.25, 0.3) is 0 Å². The SMILES string of the molecule is COc1cccc(OC)c1OCCCCCCNC[C@H]1CCCO1. The van der Waals surface area contributed by atoms with E-state index >= 15 is 0 Å². The van der Waals surface area contributed by atoms with Crippen LogP contribution < -0.4 is 19.5 Å². The molecule has 1 N–H and O–H groups in total. The third-order valence-corrected chi connectivity index (χ3v) is 4.27. The van der Waals surface area contributed by atoms with Crippen LogP contribution >= 0.6 is 0 Å². The normalized spacial score (nSPS) is 17.0. The van der Waals surface area contributed by atoms with Gasteiger partial charge in [-0.05, 0) is 44.4 Å². The Hall–Kier alpha value is -1.46. The molecule has 1 aliphatic heterocycles. The lowest BCUT2D eigenvalue weighted by Gasteiger charge is -2.14. The minimum absolute atomic E-state index is 0.439. The maximum Gasteiger partial charge on any atom is 0.203 e. The molecule has 1 atom stereocenters. The van der Waals surface area contributed by atoms with Crippen molar-refractivity contribution >= 4 is 0 Å². The van der Waals surface area contributed by atoms with Gasteiger partial charge in [0.05, 0.1) is 26.9 Å². The molecule has 136 valence electrons. The number of rotatable bonds is 12. The predicted octanol–water partition coefficient (Wildman–Crippen LogP) is 3.41. The Morgan fingerprint density at radius 3 is 2.50 bits per heavy atom. The highest BCUT2D eigenvalue weighted by molar-refractivity contribution is 5.51. The van der Waals surface area contributed by atoms with Crippen molar-refractivity contribution in [3.05, 3.63) is 18.2 Å². The summed E-state index contributed by atoms with van der Waals surface area (Å²) in [5.41, 5.74) is 0. The molecule has 1 aromatic carbocycles. The average molecular weight is 337 g/mol. The number of benzene rings is 1. The monoisotopic (exact) mass is 337 g/mol. The van der Waals surface area contributed by atoms with E-state index in [9.17, 15) is 0 Å². The summed E-state index contributed by atoms with van der Waals surface area (Å²) in [5, 5.41) is 3.48. The fraction of sp³-hybridized carbons (Fsp3) is 0.684. The van der Waals surface area contributed by atoms with E-state index in [2.05, 4.69) is 5.32 Å². The van der Waals surface area contributed by atoms with E-state index in [1.165, 1.54) is 32.1 Å². The first-order valence-corrected chi connectivity index (χ1v) is 9.01. The molecule has 0 bridgehead atoms. The van der Waals surface area contributed by atoms with Crippen LogP contribution in [0.5, 0.6) is 17.2 Å². The molecule has 24 heavy (non-hydrogen) atoms. The molecular weight excluding hydrogens is 306 g/mol. The summed E-state index contributed by atoms with van der Waals surface area (Å²) in [6, 6.07) is 5.67. The number of hydrogen-bond donors (Lipinski definition) is 1. The first-order chi connectivity index (χ1) is 11.8. The van der Waals surface area contributed by atoms with Gasteiger partial charge in [-0.2, -0.15) is 0 Å². The molecule has 0 spiro atoms. The highest BCUT2D eigenvalue weighted by atomic mass is 16.5. The Bertz CT molecular complexity index is 438. The lowest BCUT2D eigenvalue weighted by molar-refractivity contribution is 0.110. The minimum Gasteiger partial charge on any atom is -0.493 e. The Labute approximate surface area is 145 Å². The van der Waals surface area contributed by atoms with Gasteiger partial charge in [0.15, 0.2) is 11.5 Å². The number of para-hydroxylation sites is 1. The summed E-state index contributed by atoms with van der Waals surface area (Å²) >= 11 is 0. The standard InChI is InChI=1S/C19H31NO4/c1-21-17-10-7-11-18(22-2)19(17)24-13-6-4-3-5-12-20-15-16-9-8-14-23-16/h7,10-11,16,20H,3-6,8-9,12-15H2,1-2H3/t16-/m1/s1. The lowest BCUT2D eigenvalue weighted by atomic mass is 10.2. The number of methoxy groups -OCH3 is 2. The molecule has 0 saturated carbocycles. The van der Waals surface area contributed by atoms with Gasteiger partial charge in [0.1, 0.15) is 0 Å². The van der Waals surface area contributed by atoms with Crippen LogP contribution in [0.4, 0.5) is 0 Å². The highest BCUT2D eigenvalue weighted by Gasteiger charge is 2.14. The highest BCUT2D eigenvalue weighted by Crippen LogP contribution is 2.36. The van der Waals surface area contributed by atoms with Gasteiger partial charge in [-0.15, -0.1) is 0 Å². The van der Waals surface area contributed by atoms with Gasteiger partial charge in [0, 0.05) is 13.2 Å². The van der Waals surface area contributed by atoms with Crippen LogP contribution in [-0.2, 0) is 4.74 Å². The molecule has 5 heteroatoms. The van der Waals surface area contributed by atoms with Crippen LogP contribution in [0.1, 0.15) is 38.5 Å². The molecule has 5 nitrogen and oxygen atoms in total. The molecule has 1 saturated heterocycles. The fourth-order valence-corrected chi connectivity index (χ4v) is 2.91. The van der Waals surface area contributed by atoms with Gasteiger partial charge in [-0.3, -0.25) is 0 Å². The van der Waals surface area contributed by atoms with Crippen molar-refractivity contribution in [3.63, 3.8) is 0 Å². The Kier molecular flexibility index (Phi) is 8.77. The zero-order chi connectivity index (χ0) is 17.0. The summed E-state index contributed by atoms with van der Waals surface area (Å²) in [5.74, 6) is 2.13. The second-order valence-electron chi connectivity index (χ2n) is 6.09. The van der Waals surface area contributed by atoms with Crippen molar-refractivity contribution in [3.8, 4) is 17.2 Å². The summed E-state index contributed by atoms with van der Waals surface area (Å²) in [7, 11) is 3.29. The van der Waals surface area contributed by atoms with E-state index in [1.54, 1.807) is 14.2 Å². The van der Waals surface area contributed by atoms with Crippen molar-refractivity contribution in [1.82, 2.24) is 5.32 Å². The smallest absolute Gasteiger partial charge is 0.203 e. The maximum absolute atomic E-state index is 5.86.